The second-order valence-corrected chi connectivity index (χ2v) is 10.5. The van der Waals surface area contributed by atoms with Gasteiger partial charge in [-0.05, 0) is 66.2 Å². The van der Waals surface area contributed by atoms with Gasteiger partial charge in [0.2, 0.25) is 21.8 Å². The van der Waals surface area contributed by atoms with Crippen LogP contribution in [-0.2, 0) is 26.2 Å². The van der Waals surface area contributed by atoms with Crippen molar-refractivity contribution < 1.29 is 18.0 Å². The highest BCUT2D eigenvalue weighted by atomic mass is 79.9. The van der Waals surface area contributed by atoms with Gasteiger partial charge in [0, 0.05) is 34.3 Å². The topological polar surface area (TPSA) is 95.6 Å². The van der Waals surface area contributed by atoms with Gasteiger partial charge in [-0.25, -0.2) is 8.42 Å². The summed E-state index contributed by atoms with van der Waals surface area (Å²) in [4.78, 5) is 23.9. The number of sulfonamides is 1. The fourth-order valence-electron chi connectivity index (χ4n) is 2.98. The number of hydrogen-bond donors (Lipinski definition) is 2. The molecule has 0 aliphatic rings. The summed E-state index contributed by atoms with van der Waals surface area (Å²) in [5.74, 6) is -0.709. The van der Waals surface area contributed by atoms with E-state index in [2.05, 4.69) is 26.6 Å². The molecule has 3 aromatic rings. The SMILES string of the molecule is CC(=O)Nc1ccc(NC(=O)CN(Cc2ccc(Br)cc2)S(=O)(=O)c2ccc(Cl)cc2)cc1. The molecule has 3 aromatic carbocycles. The Morgan fingerprint density at radius 3 is 1.97 bits per heavy atom. The Morgan fingerprint density at radius 1 is 0.879 bits per heavy atom. The van der Waals surface area contributed by atoms with Gasteiger partial charge >= 0.3 is 0 Å². The molecule has 3 rings (SSSR count). The minimum atomic E-state index is -3.98. The maximum absolute atomic E-state index is 13.3. The molecule has 33 heavy (non-hydrogen) atoms. The summed E-state index contributed by atoms with van der Waals surface area (Å²) in [6, 6.07) is 19.5. The molecule has 0 aliphatic heterocycles. The molecule has 0 saturated heterocycles. The zero-order valence-corrected chi connectivity index (χ0v) is 20.7. The van der Waals surface area contributed by atoms with Gasteiger partial charge < -0.3 is 10.6 Å². The molecule has 0 radical (unpaired) electrons. The Balaban J connectivity index is 1.81. The molecule has 2 amide bonds. The molecule has 0 spiro atoms. The standard InChI is InChI=1S/C23H21BrClN3O4S/c1-16(29)26-20-8-10-21(11-9-20)27-23(30)15-28(14-17-2-4-18(24)5-3-17)33(31,32)22-12-6-19(25)7-13-22/h2-13H,14-15H2,1H3,(H,26,29)(H,27,30). The lowest BCUT2D eigenvalue weighted by molar-refractivity contribution is -0.116. The zero-order chi connectivity index (χ0) is 24.0. The Labute approximate surface area is 205 Å². The summed E-state index contributed by atoms with van der Waals surface area (Å²) in [7, 11) is -3.98. The number of amides is 2. The van der Waals surface area contributed by atoms with Crippen molar-refractivity contribution in [1.82, 2.24) is 4.31 Å². The smallest absolute Gasteiger partial charge is 0.243 e. The molecule has 2 N–H and O–H groups in total. The molecule has 0 fully saturated rings. The van der Waals surface area contributed by atoms with E-state index in [4.69, 9.17) is 11.6 Å². The van der Waals surface area contributed by atoms with Crippen LogP contribution in [0.15, 0.2) is 82.2 Å². The van der Waals surface area contributed by atoms with Gasteiger partial charge in [-0.3, -0.25) is 9.59 Å². The van der Waals surface area contributed by atoms with Crippen molar-refractivity contribution in [2.75, 3.05) is 17.2 Å². The number of benzene rings is 3. The first kappa shape index (κ1) is 24.9. The van der Waals surface area contributed by atoms with Crippen LogP contribution in [0.3, 0.4) is 0 Å². The van der Waals surface area contributed by atoms with Crippen LogP contribution >= 0.6 is 27.5 Å². The molecule has 0 saturated carbocycles. The van der Waals surface area contributed by atoms with Crippen LogP contribution in [0.25, 0.3) is 0 Å². The third-order valence-corrected chi connectivity index (χ3v) is 7.12. The zero-order valence-electron chi connectivity index (χ0n) is 17.6. The first-order chi connectivity index (χ1) is 15.6. The minimum Gasteiger partial charge on any atom is -0.326 e. The van der Waals surface area contributed by atoms with Crippen LogP contribution in [0, 0.1) is 0 Å². The Hall–Kier alpha value is -2.72. The molecule has 0 aliphatic carbocycles. The van der Waals surface area contributed by atoms with E-state index < -0.39 is 22.5 Å². The number of hydrogen-bond acceptors (Lipinski definition) is 4. The number of nitrogens with one attached hydrogen (secondary N) is 2. The third kappa shape index (κ3) is 7.13. The number of nitrogens with zero attached hydrogens (tertiary/aromatic N) is 1. The van der Waals surface area contributed by atoms with Crippen LogP contribution in [0.1, 0.15) is 12.5 Å². The highest BCUT2D eigenvalue weighted by molar-refractivity contribution is 9.10. The van der Waals surface area contributed by atoms with Gasteiger partial charge in [0.05, 0.1) is 11.4 Å². The molecule has 0 aromatic heterocycles. The quantitative estimate of drug-likeness (QED) is 0.417. The van der Waals surface area contributed by atoms with Crippen LogP contribution < -0.4 is 10.6 Å². The monoisotopic (exact) mass is 549 g/mol. The number of carbonyl (C=O) groups is 2. The van der Waals surface area contributed by atoms with E-state index in [1.165, 1.54) is 31.2 Å². The molecule has 7 nitrogen and oxygen atoms in total. The van der Waals surface area contributed by atoms with E-state index >= 15 is 0 Å². The molecular formula is C23H21BrClN3O4S. The van der Waals surface area contributed by atoms with Crippen LogP contribution in [0.4, 0.5) is 11.4 Å². The Morgan fingerprint density at radius 2 is 1.42 bits per heavy atom. The van der Waals surface area contributed by atoms with E-state index in [1.807, 2.05) is 0 Å². The summed E-state index contributed by atoms with van der Waals surface area (Å²) in [5.41, 5.74) is 1.78. The molecule has 10 heteroatoms. The average Bonchev–Trinajstić information content (AvgIpc) is 2.76. The van der Waals surface area contributed by atoms with Crippen molar-refractivity contribution in [3.63, 3.8) is 0 Å². The van der Waals surface area contributed by atoms with Crippen molar-refractivity contribution in [2.24, 2.45) is 0 Å². The second kappa shape index (κ2) is 10.9. The van der Waals surface area contributed by atoms with Crippen molar-refractivity contribution in [3.8, 4) is 0 Å². The minimum absolute atomic E-state index is 0.00707. The second-order valence-electron chi connectivity index (χ2n) is 7.16. The van der Waals surface area contributed by atoms with Gasteiger partial charge in [0.1, 0.15) is 0 Å². The Bertz CT molecular complexity index is 1230. The van der Waals surface area contributed by atoms with Gasteiger partial charge in [-0.2, -0.15) is 4.31 Å². The van der Waals surface area contributed by atoms with Crippen molar-refractivity contribution >= 4 is 60.7 Å². The fourth-order valence-corrected chi connectivity index (χ4v) is 4.75. The molecule has 0 heterocycles. The highest BCUT2D eigenvalue weighted by Gasteiger charge is 2.27. The van der Waals surface area contributed by atoms with Crippen LogP contribution in [0.2, 0.25) is 5.02 Å². The maximum atomic E-state index is 13.3. The van der Waals surface area contributed by atoms with E-state index in [9.17, 15) is 18.0 Å². The molecular weight excluding hydrogens is 530 g/mol. The average molecular weight is 551 g/mol. The number of halogens is 2. The summed E-state index contributed by atoms with van der Waals surface area (Å²) in [5, 5.41) is 5.74. The Kier molecular flexibility index (Phi) is 8.25. The van der Waals surface area contributed by atoms with Gasteiger partial charge in [0.15, 0.2) is 0 Å². The lowest BCUT2D eigenvalue weighted by atomic mass is 10.2. The number of carbonyl (C=O) groups excluding carboxylic acids is 2. The largest absolute Gasteiger partial charge is 0.326 e. The van der Waals surface area contributed by atoms with Crippen LogP contribution in [0.5, 0.6) is 0 Å². The molecule has 0 unspecified atom stereocenters. The predicted molar refractivity (Wildman–Crippen MR) is 133 cm³/mol. The van der Waals surface area contributed by atoms with E-state index in [0.717, 1.165) is 14.3 Å². The number of anilines is 2. The maximum Gasteiger partial charge on any atom is 0.243 e. The van der Waals surface area contributed by atoms with Gasteiger partial charge in [-0.15, -0.1) is 0 Å². The normalized spacial score (nSPS) is 11.3. The first-order valence-electron chi connectivity index (χ1n) is 9.81. The third-order valence-electron chi connectivity index (χ3n) is 4.53. The summed E-state index contributed by atoms with van der Waals surface area (Å²) < 4.78 is 28.6. The molecule has 0 bridgehead atoms. The predicted octanol–water partition coefficient (Wildman–Crippen LogP) is 4.89. The van der Waals surface area contributed by atoms with E-state index in [1.54, 1.807) is 48.5 Å². The summed E-state index contributed by atoms with van der Waals surface area (Å²) >= 11 is 9.26. The van der Waals surface area contributed by atoms with E-state index in [-0.39, 0.29) is 17.3 Å². The van der Waals surface area contributed by atoms with Crippen molar-refractivity contribution in [1.29, 1.82) is 0 Å². The lowest BCUT2D eigenvalue weighted by Gasteiger charge is -2.22. The molecule has 172 valence electrons. The van der Waals surface area contributed by atoms with E-state index in [0.29, 0.717) is 16.4 Å². The first-order valence-corrected chi connectivity index (χ1v) is 12.4. The van der Waals surface area contributed by atoms with Crippen molar-refractivity contribution in [3.05, 3.63) is 87.9 Å². The summed E-state index contributed by atoms with van der Waals surface area (Å²) in [6.07, 6.45) is 0. The van der Waals surface area contributed by atoms with Crippen molar-refractivity contribution in [2.45, 2.75) is 18.4 Å². The lowest BCUT2D eigenvalue weighted by Crippen LogP contribution is -2.37. The number of rotatable bonds is 8. The fraction of sp³-hybridized carbons (Fsp3) is 0.130. The molecule has 0 atom stereocenters. The summed E-state index contributed by atoms with van der Waals surface area (Å²) in [6.45, 7) is 1.01. The van der Waals surface area contributed by atoms with Gasteiger partial charge in [0.25, 0.3) is 0 Å². The van der Waals surface area contributed by atoms with Crippen LogP contribution in [-0.4, -0.2) is 31.1 Å². The van der Waals surface area contributed by atoms with Gasteiger partial charge in [-0.1, -0.05) is 39.7 Å². The highest BCUT2D eigenvalue weighted by Crippen LogP contribution is 2.22.